The average Bonchev–Trinajstić information content (AvgIpc) is 3.33. The Kier molecular flexibility index (Phi) is 6.20. The van der Waals surface area contributed by atoms with Crippen molar-refractivity contribution in [2.75, 3.05) is 35.2 Å². The molecule has 0 bridgehead atoms. The molecule has 2 aromatic rings. The molecule has 0 unspecified atom stereocenters. The van der Waals surface area contributed by atoms with E-state index in [1.54, 1.807) is 42.5 Å². The number of carbonyl (C=O) groups is 4. The summed E-state index contributed by atoms with van der Waals surface area (Å²) in [6.07, 6.45) is 1.97. The molecule has 1 fully saturated rings. The number of nitrogens with one attached hydrogen (secondary N) is 2. The van der Waals surface area contributed by atoms with Crippen LogP contribution in [0.3, 0.4) is 0 Å². The first kappa shape index (κ1) is 21.5. The largest absolute Gasteiger partial charge is 0.339 e. The standard InChI is InChI=1S/C24H26N4O4/c1-16-17(24(32)27-13-4-5-14-27)7-6-9-18(16)25-21(29)11-12-23(31)28-15-22(30)26-19-8-2-3-10-20(19)28/h2-3,6-10H,4-5,11-15H2,1H3,(H,25,29)(H,26,30). The van der Waals surface area contributed by atoms with Gasteiger partial charge in [-0.25, -0.2) is 0 Å². The lowest BCUT2D eigenvalue weighted by Gasteiger charge is -2.29. The second-order valence-electron chi connectivity index (χ2n) is 8.07. The summed E-state index contributed by atoms with van der Waals surface area (Å²) in [5, 5.41) is 5.56. The van der Waals surface area contributed by atoms with Crippen LogP contribution in [0.5, 0.6) is 0 Å². The van der Waals surface area contributed by atoms with Crippen molar-refractivity contribution in [1.82, 2.24) is 4.90 Å². The van der Waals surface area contributed by atoms with Crippen LogP contribution in [0.25, 0.3) is 0 Å². The van der Waals surface area contributed by atoms with Crippen molar-refractivity contribution >= 4 is 40.7 Å². The first-order valence-electron chi connectivity index (χ1n) is 10.8. The third-order valence-electron chi connectivity index (χ3n) is 5.87. The number of nitrogens with zero attached hydrogens (tertiary/aromatic N) is 2. The van der Waals surface area contributed by atoms with E-state index >= 15 is 0 Å². The summed E-state index contributed by atoms with van der Waals surface area (Å²) in [5.74, 6) is -0.899. The summed E-state index contributed by atoms with van der Waals surface area (Å²) in [7, 11) is 0. The van der Waals surface area contributed by atoms with Crippen LogP contribution in [0.15, 0.2) is 42.5 Å². The van der Waals surface area contributed by atoms with Gasteiger partial charge in [0.2, 0.25) is 17.7 Å². The fraction of sp³-hybridized carbons (Fsp3) is 0.333. The molecule has 8 heteroatoms. The van der Waals surface area contributed by atoms with E-state index in [1.807, 2.05) is 11.8 Å². The highest BCUT2D eigenvalue weighted by Crippen LogP contribution is 2.29. The van der Waals surface area contributed by atoms with E-state index in [4.69, 9.17) is 0 Å². The maximum atomic E-state index is 12.8. The van der Waals surface area contributed by atoms with Gasteiger partial charge in [0, 0.05) is 37.2 Å². The Morgan fingerprint density at radius 1 is 1.00 bits per heavy atom. The number of benzene rings is 2. The van der Waals surface area contributed by atoms with Gasteiger partial charge in [-0.1, -0.05) is 18.2 Å². The van der Waals surface area contributed by atoms with E-state index in [1.165, 1.54) is 4.90 Å². The Balaban J connectivity index is 1.38. The Labute approximate surface area is 186 Å². The van der Waals surface area contributed by atoms with Gasteiger partial charge in [0.25, 0.3) is 5.91 Å². The van der Waals surface area contributed by atoms with Crippen molar-refractivity contribution in [2.24, 2.45) is 0 Å². The molecular weight excluding hydrogens is 408 g/mol. The molecule has 166 valence electrons. The smallest absolute Gasteiger partial charge is 0.254 e. The minimum atomic E-state index is -0.318. The van der Waals surface area contributed by atoms with Gasteiger partial charge in [-0.2, -0.15) is 0 Å². The number of para-hydroxylation sites is 2. The molecular formula is C24H26N4O4. The average molecular weight is 434 g/mol. The maximum absolute atomic E-state index is 12.8. The zero-order chi connectivity index (χ0) is 22.7. The Hall–Kier alpha value is -3.68. The third-order valence-corrected chi connectivity index (χ3v) is 5.87. The van der Waals surface area contributed by atoms with Crippen molar-refractivity contribution in [3.8, 4) is 0 Å². The lowest BCUT2D eigenvalue weighted by Crippen LogP contribution is -2.42. The Morgan fingerprint density at radius 3 is 2.53 bits per heavy atom. The van der Waals surface area contributed by atoms with Crippen LogP contribution in [0.2, 0.25) is 0 Å². The quantitative estimate of drug-likeness (QED) is 0.756. The molecule has 0 radical (unpaired) electrons. The lowest BCUT2D eigenvalue weighted by atomic mass is 10.1. The summed E-state index contributed by atoms with van der Waals surface area (Å²) in [6, 6.07) is 12.3. The molecule has 4 rings (SSSR count). The molecule has 0 aliphatic carbocycles. The van der Waals surface area contributed by atoms with Gasteiger partial charge in [-0.15, -0.1) is 0 Å². The van der Waals surface area contributed by atoms with Crippen LogP contribution in [0, 0.1) is 6.92 Å². The van der Waals surface area contributed by atoms with Gasteiger partial charge in [0.05, 0.1) is 11.4 Å². The monoisotopic (exact) mass is 434 g/mol. The minimum Gasteiger partial charge on any atom is -0.339 e. The molecule has 0 saturated carbocycles. The number of hydrogen-bond donors (Lipinski definition) is 2. The number of rotatable bonds is 5. The van der Waals surface area contributed by atoms with Crippen molar-refractivity contribution in [1.29, 1.82) is 0 Å². The van der Waals surface area contributed by atoms with E-state index in [9.17, 15) is 19.2 Å². The number of anilines is 3. The predicted octanol–water partition coefficient (Wildman–Crippen LogP) is 2.94. The molecule has 2 heterocycles. The molecule has 0 atom stereocenters. The Morgan fingerprint density at radius 2 is 1.75 bits per heavy atom. The van der Waals surface area contributed by atoms with Crippen molar-refractivity contribution in [3.05, 3.63) is 53.6 Å². The molecule has 1 saturated heterocycles. The normalized spacial score (nSPS) is 15.2. The summed E-state index contributed by atoms with van der Waals surface area (Å²) in [4.78, 5) is 53.2. The summed E-state index contributed by atoms with van der Waals surface area (Å²) < 4.78 is 0. The third kappa shape index (κ3) is 4.49. The first-order valence-corrected chi connectivity index (χ1v) is 10.8. The van der Waals surface area contributed by atoms with Gasteiger partial charge >= 0.3 is 0 Å². The number of amides is 4. The number of fused-ring (bicyclic) bond motifs is 1. The lowest BCUT2D eigenvalue weighted by molar-refractivity contribution is -0.124. The van der Waals surface area contributed by atoms with Gasteiger partial charge in [-0.05, 0) is 49.6 Å². The molecule has 2 aliphatic heterocycles. The SMILES string of the molecule is Cc1c(NC(=O)CCC(=O)N2CC(=O)Nc3ccccc32)cccc1C(=O)N1CCCC1. The summed E-state index contributed by atoms with van der Waals surface area (Å²) in [6.45, 7) is 3.26. The fourth-order valence-electron chi connectivity index (χ4n) is 4.12. The first-order chi connectivity index (χ1) is 15.4. The van der Waals surface area contributed by atoms with E-state index < -0.39 is 0 Å². The zero-order valence-electron chi connectivity index (χ0n) is 18.0. The van der Waals surface area contributed by atoms with Crippen LogP contribution in [-0.4, -0.2) is 48.2 Å². The highest BCUT2D eigenvalue weighted by Gasteiger charge is 2.27. The summed E-state index contributed by atoms with van der Waals surface area (Å²) >= 11 is 0. The van der Waals surface area contributed by atoms with Crippen LogP contribution in [0.4, 0.5) is 17.1 Å². The van der Waals surface area contributed by atoms with Crippen LogP contribution >= 0.6 is 0 Å². The van der Waals surface area contributed by atoms with E-state index in [0.717, 1.165) is 25.9 Å². The second kappa shape index (κ2) is 9.21. The molecule has 4 amide bonds. The van der Waals surface area contributed by atoms with E-state index in [0.29, 0.717) is 28.2 Å². The highest BCUT2D eigenvalue weighted by molar-refractivity contribution is 6.10. The van der Waals surface area contributed by atoms with Crippen LogP contribution in [-0.2, 0) is 14.4 Å². The maximum Gasteiger partial charge on any atom is 0.254 e. The predicted molar refractivity (Wildman–Crippen MR) is 122 cm³/mol. The number of hydrogen-bond acceptors (Lipinski definition) is 4. The molecule has 2 aromatic carbocycles. The molecule has 0 aromatic heterocycles. The second-order valence-corrected chi connectivity index (χ2v) is 8.07. The van der Waals surface area contributed by atoms with Crippen LogP contribution < -0.4 is 15.5 Å². The van der Waals surface area contributed by atoms with Crippen molar-refractivity contribution < 1.29 is 19.2 Å². The number of likely N-dealkylation sites (tertiary alicyclic amines) is 1. The van der Waals surface area contributed by atoms with E-state index in [-0.39, 0.29) is 43.0 Å². The topological polar surface area (TPSA) is 98.8 Å². The van der Waals surface area contributed by atoms with Crippen molar-refractivity contribution in [3.63, 3.8) is 0 Å². The van der Waals surface area contributed by atoms with Gasteiger partial charge in [0.1, 0.15) is 6.54 Å². The Bertz CT molecular complexity index is 1080. The number of carbonyl (C=O) groups excluding carboxylic acids is 4. The molecule has 2 N–H and O–H groups in total. The van der Waals surface area contributed by atoms with Crippen LogP contribution in [0.1, 0.15) is 41.6 Å². The minimum absolute atomic E-state index is 0.0201. The van der Waals surface area contributed by atoms with Gasteiger partial charge in [-0.3, -0.25) is 19.2 Å². The van der Waals surface area contributed by atoms with Gasteiger partial charge < -0.3 is 20.4 Å². The van der Waals surface area contributed by atoms with E-state index in [2.05, 4.69) is 10.6 Å². The molecule has 32 heavy (non-hydrogen) atoms. The fourth-order valence-corrected chi connectivity index (χ4v) is 4.12. The highest BCUT2D eigenvalue weighted by atomic mass is 16.2. The van der Waals surface area contributed by atoms with Gasteiger partial charge in [0.15, 0.2) is 0 Å². The zero-order valence-corrected chi connectivity index (χ0v) is 18.0. The molecule has 8 nitrogen and oxygen atoms in total. The van der Waals surface area contributed by atoms with Crippen molar-refractivity contribution in [2.45, 2.75) is 32.6 Å². The molecule has 0 spiro atoms. The molecule has 2 aliphatic rings. The summed E-state index contributed by atoms with van der Waals surface area (Å²) in [5.41, 5.74) is 3.07.